The Kier molecular flexibility index (Phi) is 5.67. The third-order valence-corrected chi connectivity index (χ3v) is 5.52. The van der Waals surface area contributed by atoms with Crippen LogP contribution in [0.2, 0.25) is 0 Å². The van der Waals surface area contributed by atoms with Crippen LogP contribution in [0.1, 0.15) is 59.8 Å². The van der Waals surface area contributed by atoms with Gasteiger partial charge >= 0.3 is 5.97 Å². The standard InChI is InChI=1S/C14H27NO.C4H4O2/c1-11-10-14(2,3)15(8-9-16)13-7-5-4-6-12(11)13;1-3-2-6-4(3)5/h11-13,16H,4-10H2,1-3H3;2H,1H3. The SMILES string of the molecule is CC1=COC1=O.CC1CC(C)(C)N(CCO)C2CCCCC12. The Balaban J connectivity index is 0.000000246. The van der Waals surface area contributed by atoms with Crippen LogP contribution in [0.3, 0.4) is 0 Å². The molecule has 2 fully saturated rings. The lowest BCUT2D eigenvalue weighted by atomic mass is 9.67. The molecule has 0 amide bonds. The molecule has 2 heterocycles. The molecule has 0 aromatic carbocycles. The van der Waals surface area contributed by atoms with Crippen molar-refractivity contribution in [2.45, 2.75) is 71.4 Å². The quantitative estimate of drug-likeness (QED) is 0.796. The van der Waals surface area contributed by atoms with Crippen LogP contribution in [0.25, 0.3) is 0 Å². The predicted octanol–water partition coefficient (Wildman–Crippen LogP) is 3.10. The van der Waals surface area contributed by atoms with Crippen molar-refractivity contribution in [3.63, 3.8) is 0 Å². The lowest BCUT2D eigenvalue weighted by Crippen LogP contribution is -2.60. The second kappa shape index (κ2) is 7.14. The van der Waals surface area contributed by atoms with Crippen molar-refractivity contribution in [1.82, 2.24) is 4.90 Å². The number of esters is 1. The fraction of sp³-hybridized carbons (Fsp3) is 0.833. The number of hydrogen-bond donors (Lipinski definition) is 1. The van der Waals surface area contributed by atoms with Gasteiger partial charge in [-0.05, 0) is 51.9 Å². The zero-order valence-electron chi connectivity index (χ0n) is 14.5. The Labute approximate surface area is 134 Å². The average Bonchev–Trinajstić information content (AvgIpc) is 2.49. The summed E-state index contributed by atoms with van der Waals surface area (Å²) in [7, 11) is 0. The fourth-order valence-corrected chi connectivity index (χ4v) is 4.50. The lowest BCUT2D eigenvalue weighted by molar-refractivity contribution is -0.138. The molecule has 4 nitrogen and oxygen atoms in total. The second-order valence-corrected chi connectivity index (χ2v) is 7.63. The van der Waals surface area contributed by atoms with Crippen molar-refractivity contribution in [2.24, 2.45) is 11.8 Å². The van der Waals surface area contributed by atoms with Crippen LogP contribution < -0.4 is 0 Å². The Morgan fingerprint density at radius 3 is 2.50 bits per heavy atom. The maximum atomic E-state index is 9.94. The van der Waals surface area contributed by atoms with Crippen LogP contribution in [0.4, 0.5) is 0 Å². The molecule has 0 spiro atoms. The van der Waals surface area contributed by atoms with Gasteiger partial charge in [0.05, 0.1) is 12.2 Å². The van der Waals surface area contributed by atoms with E-state index in [1.165, 1.54) is 38.4 Å². The van der Waals surface area contributed by atoms with E-state index < -0.39 is 0 Å². The zero-order valence-corrected chi connectivity index (χ0v) is 14.5. The number of rotatable bonds is 2. The molecule has 126 valence electrons. The van der Waals surface area contributed by atoms with Crippen molar-refractivity contribution < 1.29 is 14.6 Å². The summed E-state index contributed by atoms with van der Waals surface area (Å²) in [5.74, 6) is 1.54. The van der Waals surface area contributed by atoms with E-state index in [1.807, 2.05) is 0 Å². The Morgan fingerprint density at radius 2 is 2.00 bits per heavy atom. The summed E-state index contributed by atoms with van der Waals surface area (Å²) in [6.07, 6.45) is 8.27. The number of carbonyl (C=O) groups excluding carboxylic acids is 1. The van der Waals surface area contributed by atoms with Crippen LogP contribution in [-0.2, 0) is 9.53 Å². The van der Waals surface area contributed by atoms with Gasteiger partial charge < -0.3 is 9.84 Å². The third-order valence-electron chi connectivity index (χ3n) is 5.52. The number of cyclic esters (lactones) is 1. The molecule has 4 heteroatoms. The molecular formula is C18H31NO3. The molecule has 0 aromatic heterocycles. The van der Waals surface area contributed by atoms with E-state index in [-0.39, 0.29) is 11.5 Å². The Morgan fingerprint density at radius 1 is 1.36 bits per heavy atom. The number of ether oxygens (including phenoxy) is 1. The third kappa shape index (κ3) is 3.72. The highest BCUT2D eigenvalue weighted by Crippen LogP contribution is 2.44. The van der Waals surface area contributed by atoms with Crippen LogP contribution in [0.15, 0.2) is 11.8 Å². The van der Waals surface area contributed by atoms with E-state index in [2.05, 4.69) is 30.4 Å². The number of aliphatic hydroxyl groups is 1. The van der Waals surface area contributed by atoms with E-state index in [1.54, 1.807) is 6.92 Å². The van der Waals surface area contributed by atoms with Crippen LogP contribution in [-0.4, -0.2) is 40.7 Å². The molecule has 3 rings (SSSR count). The van der Waals surface area contributed by atoms with Crippen LogP contribution >= 0.6 is 0 Å². The minimum absolute atomic E-state index is 0.199. The highest BCUT2D eigenvalue weighted by atomic mass is 16.5. The predicted molar refractivity (Wildman–Crippen MR) is 87.2 cm³/mol. The summed E-state index contributed by atoms with van der Waals surface area (Å²) >= 11 is 0. The van der Waals surface area contributed by atoms with Crippen LogP contribution in [0, 0.1) is 11.8 Å². The van der Waals surface area contributed by atoms with Crippen LogP contribution in [0.5, 0.6) is 0 Å². The molecule has 1 N–H and O–H groups in total. The number of likely N-dealkylation sites (tertiary alicyclic amines) is 1. The first-order valence-electron chi connectivity index (χ1n) is 8.62. The van der Waals surface area contributed by atoms with Gasteiger partial charge in [-0.1, -0.05) is 19.8 Å². The van der Waals surface area contributed by atoms with Crippen molar-refractivity contribution >= 4 is 5.97 Å². The molecule has 3 aliphatic rings. The molecule has 3 atom stereocenters. The first-order chi connectivity index (χ1) is 10.4. The molecule has 0 radical (unpaired) electrons. The van der Waals surface area contributed by atoms with Gasteiger partial charge in [-0.15, -0.1) is 0 Å². The molecule has 0 bridgehead atoms. The number of nitrogens with zero attached hydrogens (tertiary/aromatic N) is 1. The van der Waals surface area contributed by atoms with Crippen molar-refractivity contribution in [3.05, 3.63) is 11.8 Å². The minimum atomic E-state index is -0.199. The molecule has 3 unspecified atom stereocenters. The topological polar surface area (TPSA) is 49.8 Å². The molecule has 1 saturated carbocycles. The Bertz CT molecular complexity index is 430. The lowest BCUT2D eigenvalue weighted by Gasteiger charge is -2.55. The molecule has 2 aliphatic heterocycles. The minimum Gasteiger partial charge on any atom is -0.430 e. The number of fused-ring (bicyclic) bond motifs is 1. The van der Waals surface area contributed by atoms with Crippen molar-refractivity contribution in [3.8, 4) is 0 Å². The van der Waals surface area contributed by atoms with E-state index >= 15 is 0 Å². The second-order valence-electron chi connectivity index (χ2n) is 7.63. The maximum absolute atomic E-state index is 9.94. The van der Waals surface area contributed by atoms with Gasteiger partial charge in [-0.3, -0.25) is 4.90 Å². The number of aliphatic hydroxyl groups excluding tert-OH is 1. The van der Waals surface area contributed by atoms with Gasteiger partial charge in [0.15, 0.2) is 0 Å². The van der Waals surface area contributed by atoms with Gasteiger partial charge in [0.25, 0.3) is 0 Å². The summed E-state index contributed by atoms with van der Waals surface area (Å²) in [5.41, 5.74) is 0.982. The maximum Gasteiger partial charge on any atom is 0.341 e. The van der Waals surface area contributed by atoms with E-state index in [9.17, 15) is 9.90 Å². The van der Waals surface area contributed by atoms with E-state index in [0.717, 1.165) is 24.4 Å². The van der Waals surface area contributed by atoms with E-state index in [0.29, 0.717) is 12.2 Å². The summed E-state index contributed by atoms with van der Waals surface area (Å²) < 4.78 is 4.24. The summed E-state index contributed by atoms with van der Waals surface area (Å²) in [5, 5.41) is 9.27. The molecular weight excluding hydrogens is 278 g/mol. The van der Waals surface area contributed by atoms with Crippen molar-refractivity contribution in [1.29, 1.82) is 0 Å². The molecule has 1 aliphatic carbocycles. The Hall–Kier alpha value is -0.870. The largest absolute Gasteiger partial charge is 0.430 e. The summed E-state index contributed by atoms with van der Waals surface area (Å²) in [4.78, 5) is 12.5. The van der Waals surface area contributed by atoms with Gasteiger partial charge in [0.2, 0.25) is 0 Å². The van der Waals surface area contributed by atoms with Crippen molar-refractivity contribution in [2.75, 3.05) is 13.2 Å². The highest BCUT2D eigenvalue weighted by Gasteiger charge is 2.45. The molecule has 1 saturated heterocycles. The van der Waals surface area contributed by atoms with Gasteiger partial charge in [0.1, 0.15) is 6.26 Å². The average molecular weight is 309 g/mol. The highest BCUT2D eigenvalue weighted by molar-refractivity contribution is 5.92. The molecule has 0 aromatic rings. The van der Waals surface area contributed by atoms with Gasteiger partial charge in [0, 0.05) is 18.1 Å². The monoisotopic (exact) mass is 309 g/mol. The fourth-order valence-electron chi connectivity index (χ4n) is 4.50. The number of piperidine rings is 1. The first kappa shape index (κ1) is 17.5. The van der Waals surface area contributed by atoms with E-state index in [4.69, 9.17) is 0 Å². The molecule has 22 heavy (non-hydrogen) atoms. The van der Waals surface area contributed by atoms with Gasteiger partial charge in [-0.2, -0.15) is 0 Å². The number of hydrogen-bond acceptors (Lipinski definition) is 4. The zero-order chi connectivity index (χ0) is 16.3. The number of β-amino-alcohol motifs (C(OH)–C–C–N with tert-alkyl or cyclic N) is 1. The summed E-state index contributed by atoms with van der Waals surface area (Å²) in [6.45, 7) is 10.0. The smallest absolute Gasteiger partial charge is 0.341 e. The normalized spacial score (nSPS) is 33.6. The van der Waals surface area contributed by atoms with Gasteiger partial charge in [-0.25, -0.2) is 4.79 Å². The first-order valence-corrected chi connectivity index (χ1v) is 8.62. The summed E-state index contributed by atoms with van der Waals surface area (Å²) in [6, 6.07) is 0.736. The number of carbonyl (C=O) groups is 1.